The normalized spacial score (nSPS) is 19.1. The van der Waals surface area contributed by atoms with E-state index in [2.05, 4.69) is 20.6 Å². The summed E-state index contributed by atoms with van der Waals surface area (Å²) in [6.45, 7) is 3.50. The van der Waals surface area contributed by atoms with Gasteiger partial charge in [0.1, 0.15) is 11.3 Å². The van der Waals surface area contributed by atoms with E-state index in [1.54, 1.807) is 43.1 Å². The zero-order valence-electron chi connectivity index (χ0n) is 16.5. The van der Waals surface area contributed by atoms with Crippen LogP contribution in [-0.2, 0) is 0 Å². The van der Waals surface area contributed by atoms with Gasteiger partial charge in [0.05, 0.1) is 17.4 Å². The minimum Gasteiger partial charge on any atom is -0.361 e. The van der Waals surface area contributed by atoms with Gasteiger partial charge in [0, 0.05) is 30.1 Å². The molecule has 1 amide bonds. The lowest BCUT2D eigenvalue weighted by atomic mass is 9.91. The first-order valence-corrected chi connectivity index (χ1v) is 9.77. The molecule has 8 heteroatoms. The number of rotatable bonds is 4. The van der Waals surface area contributed by atoms with E-state index in [0.29, 0.717) is 17.0 Å². The van der Waals surface area contributed by atoms with Crippen molar-refractivity contribution in [3.8, 4) is 11.3 Å². The average Bonchev–Trinajstić information content (AvgIpc) is 3.08. The van der Waals surface area contributed by atoms with Gasteiger partial charge in [0.2, 0.25) is 0 Å². The number of aromatic nitrogens is 4. The minimum absolute atomic E-state index is 0.0245. The van der Waals surface area contributed by atoms with Crippen LogP contribution in [0.2, 0.25) is 0 Å². The van der Waals surface area contributed by atoms with Gasteiger partial charge in [-0.2, -0.15) is 5.10 Å². The van der Waals surface area contributed by atoms with Crippen molar-refractivity contribution < 1.29 is 9.32 Å². The van der Waals surface area contributed by atoms with E-state index in [9.17, 15) is 9.59 Å². The molecule has 0 atom stereocenters. The highest BCUT2D eigenvalue weighted by Gasteiger charge is 2.27. The summed E-state index contributed by atoms with van der Waals surface area (Å²) in [5.74, 6) is 0.372. The number of aryl methyl sites for hydroxylation is 2. The molecule has 3 aromatic rings. The number of pyridine rings is 1. The maximum absolute atomic E-state index is 12.5. The zero-order chi connectivity index (χ0) is 20.4. The molecule has 0 unspecified atom stereocenters. The van der Waals surface area contributed by atoms with E-state index in [0.717, 1.165) is 36.9 Å². The van der Waals surface area contributed by atoms with Gasteiger partial charge >= 0.3 is 0 Å². The van der Waals surface area contributed by atoms with Crippen LogP contribution >= 0.6 is 0 Å². The summed E-state index contributed by atoms with van der Waals surface area (Å²) in [5.41, 5.74) is 2.67. The van der Waals surface area contributed by atoms with Gasteiger partial charge in [0.25, 0.3) is 11.5 Å². The molecule has 3 aromatic heterocycles. The lowest BCUT2D eigenvalue weighted by Crippen LogP contribution is -2.39. The SMILES string of the molecule is Cc1noc(C)c1C(=O)NC1CCC(n2nc(-c3ccncc3)ccc2=O)CC1. The number of amides is 1. The molecule has 1 fully saturated rings. The van der Waals surface area contributed by atoms with Crippen molar-refractivity contribution in [2.24, 2.45) is 0 Å². The Kier molecular flexibility index (Phi) is 5.24. The van der Waals surface area contributed by atoms with E-state index < -0.39 is 0 Å². The van der Waals surface area contributed by atoms with E-state index in [4.69, 9.17) is 4.52 Å². The minimum atomic E-state index is -0.153. The second-order valence-electron chi connectivity index (χ2n) is 7.42. The third-order valence-corrected chi connectivity index (χ3v) is 5.44. The Morgan fingerprint density at radius 2 is 1.83 bits per heavy atom. The second kappa shape index (κ2) is 7.98. The molecule has 0 bridgehead atoms. The van der Waals surface area contributed by atoms with Gasteiger partial charge in [-0.25, -0.2) is 4.68 Å². The number of hydrogen-bond donors (Lipinski definition) is 1. The zero-order valence-corrected chi connectivity index (χ0v) is 16.5. The van der Waals surface area contributed by atoms with Gasteiger partial charge in [-0.15, -0.1) is 0 Å². The van der Waals surface area contributed by atoms with E-state index >= 15 is 0 Å². The maximum atomic E-state index is 12.5. The number of nitrogens with zero attached hydrogens (tertiary/aromatic N) is 4. The van der Waals surface area contributed by atoms with E-state index in [1.165, 1.54) is 0 Å². The Bertz CT molecular complexity index is 1050. The largest absolute Gasteiger partial charge is 0.361 e. The standard InChI is InChI=1S/C21H23N5O3/c1-13-20(14(2)29-25-13)21(28)23-16-3-5-17(6-4-16)26-19(27)8-7-18(24-26)15-9-11-22-12-10-15/h7-12,16-17H,3-6H2,1-2H3,(H,23,28). The molecule has 0 aliphatic heterocycles. The fourth-order valence-electron chi connectivity index (χ4n) is 3.89. The van der Waals surface area contributed by atoms with Crippen LogP contribution in [0, 0.1) is 13.8 Å². The maximum Gasteiger partial charge on any atom is 0.267 e. The summed E-state index contributed by atoms with van der Waals surface area (Å²) < 4.78 is 6.67. The van der Waals surface area contributed by atoms with Crippen molar-refractivity contribution in [2.45, 2.75) is 51.6 Å². The highest BCUT2D eigenvalue weighted by Crippen LogP contribution is 2.28. The van der Waals surface area contributed by atoms with Crippen LogP contribution in [0.5, 0.6) is 0 Å². The molecule has 0 radical (unpaired) electrons. The summed E-state index contributed by atoms with van der Waals surface area (Å²) in [4.78, 5) is 29.0. The Morgan fingerprint density at radius 1 is 1.10 bits per heavy atom. The molecular formula is C21H23N5O3. The molecule has 1 aliphatic carbocycles. The Balaban J connectivity index is 1.43. The molecule has 0 saturated heterocycles. The van der Waals surface area contributed by atoms with Gasteiger partial charge in [-0.1, -0.05) is 5.16 Å². The Morgan fingerprint density at radius 3 is 2.48 bits per heavy atom. The molecule has 1 N–H and O–H groups in total. The number of hydrogen-bond acceptors (Lipinski definition) is 6. The predicted molar refractivity (Wildman–Crippen MR) is 106 cm³/mol. The van der Waals surface area contributed by atoms with Gasteiger partial charge in [0.15, 0.2) is 0 Å². The monoisotopic (exact) mass is 393 g/mol. The van der Waals surface area contributed by atoms with Crippen LogP contribution in [0.3, 0.4) is 0 Å². The van der Waals surface area contributed by atoms with Crippen LogP contribution in [0.1, 0.15) is 53.5 Å². The third kappa shape index (κ3) is 3.96. The molecule has 150 valence electrons. The summed E-state index contributed by atoms with van der Waals surface area (Å²) in [5, 5.41) is 11.5. The lowest BCUT2D eigenvalue weighted by Gasteiger charge is -2.29. The van der Waals surface area contributed by atoms with Crippen molar-refractivity contribution in [1.82, 2.24) is 25.2 Å². The smallest absolute Gasteiger partial charge is 0.267 e. The van der Waals surface area contributed by atoms with Crippen LogP contribution in [0.25, 0.3) is 11.3 Å². The van der Waals surface area contributed by atoms with Crippen molar-refractivity contribution in [3.05, 3.63) is 64.0 Å². The lowest BCUT2D eigenvalue weighted by molar-refractivity contribution is 0.0919. The molecule has 3 heterocycles. The fourth-order valence-corrected chi connectivity index (χ4v) is 3.89. The Hall–Kier alpha value is -3.29. The first-order chi connectivity index (χ1) is 14.0. The van der Waals surface area contributed by atoms with Crippen LogP contribution in [-0.4, -0.2) is 31.9 Å². The van der Waals surface area contributed by atoms with E-state index in [1.807, 2.05) is 12.1 Å². The molecule has 4 rings (SSSR count). The molecule has 8 nitrogen and oxygen atoms in total. The first-order valence-electron chi connectivity index (χ1n) is 9.77. The van der Waals surface area contributed by atoms with Crippen molar-refractivity contribution >= 4 is 5.91 Å². The summed E-state index contributed by atoms with van der Waals surface area (Å²) in [6, 6.07) is 7.14. The van der Waals surface area contributed by atoms with Gasteiger partial charge in [-0.05, 0) is 57.7 Å². The molecule has 0 spiro atoms. The summed E-state index contributed by atoms with van der Waals surface area (Å²) >= 11 is 0. The van der Waals surface area contributed by atoms with Crippen LogP contribution in [0.15, 0.2) is 46.0 Å². The van der Waals surface area contributed by atoms with Crippen molar-refractivity contribution in [3.63, 3.8) is 0 Å². The van der Waals surface area contributed by atoms with Crippen molar-refractivity contribution in [2.75, 3.05) is 0 Å². The molecule has 29 heavy (non-hydrogen) atoms. The quantitative estimate of drug-likeness (QED) is 0.731. The van der Waals surface area contributed by atoms with Crippen LogP contribution < -0.4 is 10.9 Å². The van der Waals surface area contributed by atoms with Gasteiger partial charge in [-0.3, -0.25) is 14.6 Å². The van der Waals surface area contributed by atoms with Crippen LogP contribution in [0.4, 0.5) is 0 Å². The number of nitrogens with one attached hydrogen (secondary N) is 1. The van der Waals surface area contributed by atoms with Crippen molar-refractivity contribution in [1.29, 1.82) is 0 Å². The highest BCUT2D eigenvalue weighted by molar-refractivity contribution is 5.96. The van der Waals surface area contributed by atoms with Gasteiger partial charge < -0.3 is 9.84 Å². The average molecular weight is 393 g/mol. The summed E-state index contributed by atoms with van der Waals surface area (Å²) in [7, 11) is 0. The molecular weight excluding hydrogens is 370 g/mol. The predicted octanol–water partition coefficient (Wildman–Crippen LogP) is 2.82. The fraction of sp³-hybridized carbons (Fsp3) is 0.381. The first kappa shape index (κ1) is 19.0. The second-order valence-corrected chi connectivity index (χ2v) is 7.42. The Labute approximate surface area is 167 Å². The van der Waals surface area contributed by atoms with E-state index in [-0.39, 0.29) is 23.6 Å². The number of carbonyl (C=O) groups excluding carboxylic acids is 1. The number of carbonyl (C=O) groups is 1. The third-order valence-electron chi connectivity index (χ3n) is 5.44. The highest BCUT2D eigenvalue weighted by atomic mass is 16.5. The molecule has 0 aromatic carbocycles. The topological polar surface area (TPSA) is 103 Å². The molecule has 1 aliphatic rings. The summed E-state index contributed by atoms with van der Waals surface area (Å²) in [6.07, 6.45) is 6.54. The molecule has 1 saturated carbocycles.